The van der Waals surface area contributed by atoms with E-state index >= 15 is 0 Å². The molecule has 0 rings (SSSR count). The van der Waals surface area contributed by atoms with Crippen molar-refractivity contribution < 1.29 is 38.2 Å². The molecule has 0 aromatic rings. The SMILES string of the molecule is CC/C=C/C/C=C/C/C=C/CCCCCCCCCCCC(=O)OC(COCCC(C(=O)[O-])[N+](C)(C)C)COC(=O)CCCCCCCCCCCC/C=C/C=C/CCCCC. The summed E-state index contributed by atoms with van der Waals surface area (Å²) in [6, 6.07) is -0.729. The van der Waals surface area contributed by atoms with Gasteiger partial charge in [-0.1, -0.05) is 184 Å². The molecule has 0 spiro atoms. The number of unbranched alkanes of at least 4 members (excludes halogenated alkanes) is 22. The zero-order valence-electron chi connectivity index (χ0n) is 40.8. The van der Waals surface area contributed by atoms with E-state index in [1.165, 1.54) is 116 Å². The zero-order valence-corrected chi connectivity index (χ0v) is 40.8. The van der Waals surface area contributed by atoms with Gasteiger partial charge in [-0.2, -0.15) is 0 Å². The van der Waals surface area contributed by atoms with Gasteiger partial charge in [-0.15, -0.1) is 0 Å². The van der Waals surface area contributed by atoms with Crippen LogP contribution >= 0.6 is 0 Å². The number of carboxylic acid groups (broad SMARTS) is 1. The fourth-order valence-corrected chi connectivity index (χ4v) is 7.25. The lowest BCUT2D eigenvalue weighted by Crippen LogP contribution is -2.55. The summed E-state index contributed by atoms with van der Waals surface area (Å²) in [6.07, 6.45) is 55.3. The second kappa shape index (κ2) is 44.6. The van der Waals surface area contributed by atoms with E-state index in [1.807, 2.05) is 0 Å². The second-order valence-electron chi connectivity index (χ2n) is 18.1. The molecule has 0 bridgehead atoms. The van der Waals surface area contributed by atoms with E-state index in [0.29, 0.717) is 12.8 Å². The molecule has 358 valence electrons. The van der Waals surface area contributed by atoms with E-state index in [1.54, 1.807) is 21.1 Å². The van der Waals surface area contributed by atoms with E-state index in [2.05, 4.69) is 74.6 Å². The molecule has 0 N–H and O–H groups in total. The number of nitrogens with zero attached hydrogens (tertiary/aromatic N) is 1. The molecule has 0 amide bonds. The number of aliphatic carboxylic acids is 1. The van der Waals surface area contributed by atoms with Crippen LogP contribution in [0.4, 0.5) is 0 Å². The Labute approximate surface area is 381 Å². The smallest absolute Gasteiger partial charge is 0.306 e. The Hall–Kier alpha value is -2.97. The lowest BCUT2D eigenvalue weighted by atomic mass is 10.1. The van der Waals surface area contributed by atoms with Crippen LogP contribution < -0.4 is 5.11 Å². The first-order valence-corrected chi connectivity index (χ1v) is 25.3. The van der Waals surface area contributed by atoms with Gasteiger partial charge in [0, 0.05) is 19.3 Å². The number of ether oxygens (including phenoxy) is 3. The van der Waals surface area contributed by atoms with Crippen molar-refractivity contribution in [3.8, 4) is 0 Å². The molecular weight excluding hydrogens is 775 g/mol. The summed E-state index contributed by atoms with van der Waals surface area (Å²) in [7, 11) is 5.41. The Kier molecular flexibility index (Phi) is 42.5. The Bertz CT molecular complexity index is 1200. The third-order valence-corrected chi connectivity index (χ3v) is 11.2. The van der Waals surface area contributed by atoms with E-state index in [9.17, 15) is 19.5 Å². The van der Waals surface area contributed by atoms with Crippen molar-refractivity contribution in [3.05, 3.63) is 60.8 Å². The van der Waals surface area contributed by atoms with Crippen LogP contribution in [-0.2, 0) is 28.6 Å². The van der Waals surface area contributed by atoms with Crippen molar-refractivity contribution in [2.75, 3.05) is 41.0 Å². The standard InChI is InChI=1S/C54H95NO7/c1-6-8-10-12-14-16-18-20-22-24-26-28-30-32-34-36-38-40-42-44-52(56)61-49-50(48-60-47-46-51(54(58)59)55(3,4)5)62-53(57)45-43-41-39-37-35-33-31-29-27-25-23-21-19-17-15-13-11-9-7-2/h9,11,14-18,20-21,23,50-51H,6-8,10,12-13,19,22,24-49H2,1-5H3/b11-9+,16-14+,17-15+,20-18+,23-21+. The molecule has 0 aliphatic rings. The lowest BCUT2D eigenvalue weighted by molar-refractivity contribution is -0.889. The first-order valence-electron chi connectivity index (χ1n) is 25.3. The first-order chi connectivity index (χ1) is 30.1. The number of quaternary nitrogens is 1. The van der Waals surface area contributed by atoms with Crippen LogP contribution in [0.15, 0.2) is 60.8 Å². The van der Waals surface area contributed by atoms with Crippen molar-refractivity contribution in [2.24, 2.45) is 0 Å². The van der Waals surface area contributed by atoms with E-state index < -0.39 is 18.1 Å². The highest BCUT2D eigenvalue weighted by molar-refractivity contribution is 5.70. The van der Waals surface area contributed by atoms with Crippen molar-refractivity contribution in [3.63, 3.8) is 0 Å². The molecule has 0 fully saturated rings. The molecule has 0 saturated carbocycles. The van der Waals surface area contributed by atoms with Crippen LogP contribution in [0.5, 0.6) is 0 Å². The van der Waals surface area contributed by atoms with Gasteiger partial charge in [0.25, 0.3) is 0 Å². The minimum absolute atomic E-state index is 0.0364. The summed E-state index contributed by atoms with van der Waals surface area (Å²) in [5.41, 5.74) is 0. The average Bonchev–Trinajstić information content (AvgIpc) is 3.23. The maximum absolute atomic E-state index is 12.8. The highest BCUT2D eigenvalue weighted by Crippen LogP contribution is 2.15. The first kappa shape index (κ1) is 59.0. The van der Waals surface area contributed by atoms with Gasteiger partial charge >= 0.3 is 11.9 Å². The monoisotopic (exact) mass is 870 g/mol. The largest absolute Gasteiger partial charge is 0.544 e. The summed E-state index contributed by atoms with van der Waals surface area (Å²) >= 11 is 0. The summed E-state index contributed by atoms with van der Waals surface area (Å²) in [4.78, 5) is 37.0. The van der Waals surface area contributed by atoms with Crippen LogP contribution in [0.2, 0.25) is 0 Å². The molecule has 8 nitrogen and oxygen atoms in total. The molecule has 0 heterocycles. The van der Waals surface area contributed by atoms with Crippen LogP contribution in [0.25, 0.3) is 0 Å². The van der Waals surface area contributed by atoms with Gasteiger partial charge in [-0.05, 0) is 70.6 Å². The molecule has 62 heavy (non-hydrogen) atoms. The zero-order chi connectivity index (χ0) is 45.6. The minimum atomic E-state index is -1.13. The molecule has 0 saturated heterocycles. The summed E-state index contributed by atoms with van der Waals surface area (Å²) in [5.74, 6) is -1.74. The Morgan fingerprint density at radius 3 is 1.44 bits per heavy atom. The maximum atomic E-state index is 12.8. The number of hydrogen-bond acceptors (Lipinski definition) is 7. The van der Waals surface area contributed by atoms with Crippen molar-refractivity contribution >= 4 is 17.9 Å². The fraction of sp³-hybridized carbons (Fsp3) is 0.759. The molecule has 0 aromatic heterocycles. The summed E-state index contributed by atoms with van der Waals surface area (Å²) in [6.45, 7) is 4.53. The molecule has 0 radical (unpaired) electrons. The molecule has 2 unspecified atom stereocenters. The van der Waals surface area contributed by atoms with Crippen LogP contribution in [0, 0.1) is 0 Å². The van der Waals surface area contributed by atoms with Gasteiger partial charge in [0.05, 0.1) is 40.3 Å². The number of carbonyl (C=O) groups is 3. The highest BCUT2D eigenvalue weighted by Gasteiger charge is 2.25. The topological polar surface area (TPSA) is 102 Å². The lowest BCUT2D eigenvalue weighted by Gasteiger charge is -2.34. The number of allylic oxidation sites excluding steroid dienone is 10. The predicted octanol–water partition coefficient (Wildman–Crippen LogP) is 13.2. The Morgan fingerprint density at radius 2 is 0.952 bits per heavy atom. The molecule has 0 aromatic carbocycles. The highest BCUT2D eigenvalue weighted by atomic mass is 16.6. The molecule has 2 atom stereocenters. The van der Waals surface area contributed by atoms with E-state index in [4.69, 9.17) is 14.2 Å². The second-order valence-corrected chi connectivity index (χ2v) is 18.1. The van der Waals surface area contributed by atoms with Crippen molar-refractivity contribution in [1.29, 1.82) is 0 Å². The van der Waals surface area contributed by atoms with Gasteiger partial charge in [0.2, 0.25) is 0 Å². The van der Waals surface area contributed by atoms with Crippen LogP contribution in [0.1, 0.15) is 213 Å². The third-order valence-electron chi connectivity index (χ3n) is 11.2. The third kappa shape index (κ3) is 42.3. The van der Waals surface area contributed by atoms with Gasteiger partial charge in [-0.25, -0.2) is 0 Å². The molecule has 8 heteroatoms. The van der Waals surface area contributed by atoms with Crippen LogP contribution in [-0.4, -0.2) is 75.5 Å². The van der Waals surface area contributed by atoms with Gasteiger partial charge < -0.3 is 28.6 Å². The van der Waals surface area contributed by atoms with Crippen molar-refractivity contribution in [1.82, 2.24) is 0 Å². The molecule has 0 aliphatic carbocycles. The normalized spacial score (nSPS) is 13.4. The number of esters is 2. The minimum Gasteiger partial charge on any atom is -0.544 e. The quantitative estimate of drug-likeness (QED) is 0.0197. The Balaban J connectivity index is 4.26. The number of likely N-dealkylation sites (N-methyl/N-ethyl adjacent to an activating group) is 1. The number of hydrogen-bond donors (Lipinski definition) is 0. The molecular formula is C54H95NO7. The van der Waals surface area contributed by atoms with E-state index in [0.717, 1.165) is 64.2 Å². The number of rotatable bonds is 45. The van der Waals surface area contributed by atoms with Crippen LogP contribution in [0.3, 0.4) is 0 Å². The van der Waals surface area contributed by atoms with Crippen molar-refractivity contribution in [2.45, 2.75) is 225 Å². The fourth-order valence-electron chi connectivity index (χ4n) is 7.25. The van der Waals surface area contributed by atoms with E-state index in [-0.39, 0.29) is 42.7 Å². The molecule has 0 aliphatic heterocycles. The Morgan fingerprint density at radius 1 is 0.516 bits per heavy atom. The summed E-state index contributed by atoms with van der Waals surface area (Å²) in [5, 5.41) is 11.7. The maximum Gasteiger partial charge on any atom is 0.306 e. The van der Waals surface area contributed by atoms with Gasteiger partial charge in [0.1, 0.15) is 12.6 Å². The number of carbonyl (C=O) groups excluding carboxylic acids is 3. The van der Waals surface area contributed by atoms with Gasteiger partial charge in [-0.3, -0.25) is 9.59 Å². The summed E-state index contributed by atoms with van der Waals surface area (Å²) < 4.78 is 17.2. The average molecular weight is 870 g/mol. The predicted molar refractivity (Wildman–Crippen MR) is 259 cm³/mol. The van der Waals surface area contributed by atoms with Gasteiger partial charge in [0.15, 0.2) is 6.10 Å². The number of carboxylic acids is 1.